The average Bonchev–Trinajstić information content (AvgIpc) is 2.68. The molecule has 0 bridgehead atoms. The first-order valence-electron chi connectivity index (χ1n) is 7.66. The molecule has 2 rings (SSSR count). The van der Waals surface area contributed by atoms with Gasteiger partial charge in [0.15, 0.2) is 11.4 Å². The maximum absolute atomic E-state index is 12.3. The van der Waals surface area contributed by atoms with Gasteiger partial charge in [-0.05, 0) is 19.1 Å². The summed E-state index contributed by atoms with van der Waals surface area (Å²) in [6.45, 7) is 1.19. The first kappa shape index (κ1) is 25.5. The Labute approximate surface area is 195 Å². The number of aromatic hydroxyl groups is 1. The second-order valence-corrected chi connectivity index (χ2v) is 5.98. The zero-order chi connectivity index (χ0) is 21.4. The number of amides is 1. The molecule has 0 unspecified atom stereocenters. The molecule has 12 nitrogen and oxygen atoms in total. The number of phenolic OH excluding ortho intramolecular Hbond substituents is 1. The van der Waals surface area contributed by atoms with Crippen molar-refractivity contribution in [1.82, 2.24) is 0 Å². The molecule has 0 radical (unpaired) electrons. The molecule has 1 amide bonds. The predicted molar refractivity (Wildman–Crippen MR) is 97.7 cm³/mol. The van der Waals surface area contributed by atoms with Crippen LogP contribution in [0.15, 0.2) is 69.0 Å². The Balaban J connectivity index is 0.00000450. The van der Waals surface area contributed by atoms with Crippen LogP contribution in [0, 0.1) is 10.1 Å². The summed E-state index contributed by atoms with van der Waals surface area (Å²) in [5.41, 5.74) is -0.984. The Hall–Kier alpha value is -2.52. The van der Waals surface area contributed by atoms with Gasteiger partial charge in [-0.2, -0.15) is 4.33 Å². The minimum atomic E-state index is -0.803. The molecule has 0 aliphatic heterocycles. The molecule has 2 aromatic rings. The summed E-state index contributed by atoms with van der Waals surface area (Å²) >= 11 is 0.210. The van der Waals surface area contributed by atoms with Crippen LogP contribution in [0.2, 0.25) is 0 Å². The number of rotatable bonds is 8. The van der Waals surface area contributed by atoms with Gasteiger partial charge >= 0.3 is 29.6 Å². The van der Waals surface area contributed by atoms with Crippen LogP contribution < -0.4 is 40.1 Å². The van der Waals surface area contributed by atoms with E-state index in [1.807, 2.05) is 0 Å². The van der Waals surface area contributed by atoms with E-state index in [1.165, 1.54) is 6.92 Å². The molecule has 2 aromatic carbocycles. The van der Waals surface area contributed by atoms with Crippen molar-refractivity contribution in [1.29, 1.82) is 0 Å². The second kappa shape index (κ2) is 12.2. The Morgan fingerprint density at radius 3 is 2.50 bits per heavy atom. The van der Waals surface area contributed by atoms with Gasteiger partial charge in [0.2, 0.25) is 0 Å². The van der Waals surface area contributed by atoms with Gasteiger partial charge < -0.3 is 20.8 Å². The third-order valence-electron chi connectivity index (χ3n) is 3.25. The molecule has 0 aromatic heterocycles. The standard InChI is InChI=1S/C16H14N4O8S.Na/c1-9(21)14(16(23)17-10-5-3-2-4-6-10)19-18-12-7-11(20(24)25)8-13(15(12)22)29-28-27-26;/h2-8,21-22,26H,1H3,(H,17,23);/q;+1/p-1/b14-9+,19-18?;. The number of aliphatic hydroxyl groups is 1. The number of carbonyl (C=O) groups excluding carboxylic acids is 1. The number of nitro benzene ring substituents is 1. The molecule has 0 spiro atoms. The number of nitrogens with zero attached hydrogens (tertiary/aromatic N) is 3. The molecule has 0 atom stereocenters. The number of carbonyl (C=O) groups is 1. The van der Waals surface area contributed by atoms with E-state index in [0.717, 1.165) is 12.1 Å². The second-order valence-electron chi connectivity index (χ2n) is 5.24. The van der Waals surface area contributed by atoms with E-state index in [9.17, 15) is 30.4 Å². The van der Waals surface area contributed by atoms with Crippen molar-refractivity contribution < 1.29 is 64.1 Å². The third-order valence-corrected chi connectivity index (χ3v) is 3.86. The quantitative estimate of drug-likeness (QED) is 0.0741. The van der Waals surface area contributed by atoms with Crippen molar-refractivity contribution in [3.05, 3.63) is 64.0 Å². The van der Waals surface area contributed by atoms with Crippen LogP contribution >= 0.6 is 12.0 Å². The average molecular weight is 444 g/mol. The van der Waals surface area contributed by atoms with Crippen LogP contribution in [0.5, 0.6) is 5.75 Å². The van der Waals surface area contributed by atoms with Gasteiger partial charge in [-0.1, -0.05) is 18.2 Å². The summed E-state index contributed by atoms with van der Waals surface area (Å²) in [5.74, 6) is -1.91. The van der Waals surface area contributed by atoms with Crippen LogP contribution in [0.3, 0.4) is 0 Å². The monoisotopic (exact) mass is 444 g/mol. The van der Waals surface area contributed by atoms with Crippen molar-refractivity contribution in [2.45, 2.75) is 11.8 Å². The Bertz CT molecular complexity index is 967. The Kier molecular flexibility index (Phi) is 10.4. The summed E-state index contributed by atoms with van der Waals surface area (Å²) < 4.78 is 4.05. The number of benzene rings is 2. The van der Waals surface area contributed by atoms with Crippen molar-refractivity contribution >= 4 is 35.0 Å². The fourth-order valence-electron chi connectivity index (χ4n) is 1.97. The number of hydrogen-bond acceptors (Lipinski definition) is 11. The zero-order valence-corrected chi connectivity index (χ0v) is 18.5. The van der Waals surface area contributed by atoms with E-state index >= 15 is 0 Å². The summed E-state index contributed by atoms with van der Waals surface area (Å²) in [6, 6.07) is 10.1. The van der Waals surface area contributed by atoms with Gasteiger partial charge in [-0.15, -0.1) is 10.2 Å². The van der Waals surface area contributed by atoms with Crippen LogP contribution in [0.25, 0.3) is 0 Å². The molecule has 14 heteroatoms. The topological polar surface area (TPSA) is 179 Å². The molecule has 30 heavy (non-hydrogen) atoms. The third kappa shape index (κ3) is 7.07. The van der Waals surface area contributed by atoms with Crippen molar-refractivity contribution in [2.24, 2.45) is 10.2 Å². The van der Waals surface area contributed by atoms with E-state index in [0.29, 0.717) is 5.69 Å². The number of aliphatic hydroxyl groups excluding tert-OH is 1. The largest absolute Gasteiger partial charge is 1.00 e. The van der Waals surface area contributed by atoms with Gasteiger partial charge in [0.05, 0.1) is 21.9 Å². The summed E-state index contributed by atoms with van der Waals surface area (Å²) in [7, 11) is 0. The number of hydrogen-bond donors (Lipinski definition) is 3. The van der Waals surface area contributed by atoms with E-state index in [1.54, 1.807) is 30.3 Å². The summed E-state index contributed by atoms with van der Waals surface area (Å²) in [6.07, 6.45) is 0. The maximum atomic E-state index is 12.3. The smallest absolute Gasteiger partial charge is 0.691 e. The number of para-hydroxylation sites is 1. The SMILES string of the molecule is C/C(O)=C(\N=Nc1cc([N+](=O)[O-])cc(SOO[O-])c1O)C(=O)Nc1ccccc1.[Na+]. The van der Waals surface area contributed by atoms with Gasteiger partial charge in [0.1, 0.15) is 11.4 Å². The minimum absolute atomic E-state index is 0. The van der Waals surface area contributed by atoms with Crippen molar-refractivity contribution in [3.8, 4) is 5.75 Å². The van der Waals surface area contributed by atoms with Crippen LogP contribution in [-0.2, 0) is 14.2 Å². The van der Waals surface area contributed by atoms with E-state index in [-0.39, 0.29) is 46.5 Å². The number of allylic oxidation sites excluding steroid dienone is 1. The Morgan fingerprint density at radius 1 is 1.27 bits per heavy atom. The van der Waals surface area contributed by atoms with Crippen LogP contribution in [0.4, 0.5) is 17.1 Å². The van der Waals surface area contributed by atoms with Gasteiger partial charge in [-0.25, -0.2) is 0 Å². The normalized spacial score (nSPS) is 11.5. The van der Waals surface area contributed by atoms with Crippen LogP contribution in [0.1, 0.15) is 6.92 Å². The van der Waals surface area contributed by atoms with Crippen LogP contribution in [-0.4, -0.2) is 21.0 Å². The molecule has 0 saturated heterocycles. The molecular formula is C16H13N4NaO8S. The van der Waals surface area contributed by atoms with E-state index in [2.05, 4.69) is 24.9 Å². The molecule has 0 heterocycles. The number of non-ortho nitro benzene ring substituents is 1. The van der Waals surface area contributed by atoms with Gasteiger partial charge in [-0.3, -0.25) is 19.9 Å². The summed E-state index contributed by atoms with van der Waals surface area (Å²) in [5, 5.41) is 53.7. The fourth-order valence-corrected chi connectivity index (χ4v) is 2.43. The number of anilines is 1. The van der Waals surface area contributed by atoms with Gasteiger partial charge in [0, 0.05) is 17.8 Å². The fraction of sp³-hybridized carbons (Fsp3) is 0.0625. The van der Waals surface area contributed by atoms with Crippen molar-refractivity contribution in [2.75, 3.05) is 5.32 Å². The number of azo groups is 1. The molecule has 0 fully saturated rings. The maximum Gasteiger partial charge on any atom is 1.00 e. The van der Waals surface area contributed by atoms with Crippen molar-refractivity contribution in [3.63, 3.8) is 0 Å². The molecule has 3 N–H and O–H groups in total. The predicted octanol–water partition coefficient (Wildman–Crippen LogP) is 0.0469. The molecule has 0 saturated carbocycles. The number of nitrogens with one attached hydrogen (secondary N) is 1. The van der Waals surface area contributed by atoms with Gasteiger partial charge in [0.25, 0.3) is 11.6 Å². The van der Waals surface area contributed by atoms with E-state index < -0.39 is 39.4 Å². The molecule has 152 valence electrons. The van der Waals surface area contributed by atoms with E-state index in [4.69, 9.17) is 0 Å². The first-order chi connectivity index (χ1) is 13.8. The molecule has 0 aliphatic carbocycles. The first-order valence-corrected chi connectivity index (χ1v) is 8.40. The molecular weight excluding hydrogens is 431 g/mol. The Morgan fingerprint density at radius 2 is 1.93 bits per heavy atom. The summed E-state index contributed by atoms with van der Waals surface area (Å²) in [4.78, 5) is 22.3. The zero-order valence-electron chi connectivity index (χ0n) is 15.6. The molecule has 0 aliphatic rings. The number of phenols is 1. The minimum Gasteiger partial charge on any atom is -0.691 e. The number of nitro groups is 1.